The van der Waals surface area contributed by atoms with Crippen LogP contribution in [0.4, 0.5) is 0 Å². The van der Waals surface area contributed by atoms with Gasteiger partial charge in [0.15, 0.2) is 10.7 Å². The molecule has 3 aromatic carbocycles. The molecule has 2 heterocycles. The molecule has 148 valence electrons. The first-order valence-electron chi connectivity index (χ1n) is 9.39. The zero-order valence-electron chi connectivity index (χ0n) is 15.8. The van der Waals surface area contributed by atoms with Gasteiger partial charge in [0.2, 0.25) is 5.89 Å². The Morgan fingerprint density at radius 1 is 0.900 bits per heavy atom. The molecule has 30 heavy (non-hydrogen) atoms. The molecule has 0 aliphatic carbocycles. The monoisotopic (exact) mass is 433 g/mol. The number of nitrogens with zero attached hydrogens (tertiary/aromatic N) is 3. The fourth-order valence-electron chi connectivity index (χ4n) is 3.30. The van der Waals surface area contributed by atoms with Crippen LogP contribution in [0, 0.1) is 0 Å². The number of benzene rings is 3. The Balaban J connectivity index is 1.55. The van der Waals surface area contributed by atoms with Crippen LogP contribution in [0.15, 0.2) is 87.2 Å². The van der Waals surface area contributed by atoms with E-state index in [1.54, 1.807) is 10.6 Å². The topological polar surface area (TPSA) is 60.9 Å². The maximum atomic E-state index is 13.2. The van der Waals surface area contributed by atoms with E-state index in [1.807, 2.05) is 66.7 Å². The summed E-state index contributed by atoms with van der Waals surface area (Å²) in [5.41, 5.74) is 2.99. The summed E-state index contributed by atoms with van der Waals surface area (Å²) in [5, 5.41) is 1.80. The SMILES string of the molecule is O=c1c2ccccc2nc(SCc2nc3ccccc3o2)n1Cc1ccccc1Cl. The number of hydrogen-bond acceptors (Lipinski definition) is 5. The van der Waals surface area contributed by atoms with Crippen molar-refractivity contribution in [3.05, 3.63) is 99.6 Å². The lowest BCUT2D eigenvalue weighted by atomic mass is 10.2. The van der Waals surface area contributed by atoms with Gasteiger partial charge < -0.3 is 4.42 Å². The van der Waals surface area contributed by atoms with Crippen molar-refractivity contribution < 1.29 is 4.42 Å². The van der Waals surface area contributed by atoms with E-state index in [0.717, 1.165) is 16.7 Å². The van der Waals surface area contributed by atoms with E-state index in [1.165, 1.54) is 11.8 Å². The maximum Gasteiger partial charge on any atom is 0.262 e. The molecule has 0 radical (unpaired) electrons. The van der Waals surface area contributed by atoms with Crippen molar-refractivity contribution in [1.29, 1.82) is 0 Å². The third-order valence-electron chi connectivity index (χ3n) is 4.78. The highest BCUT2D eigenvalue weighted by atomic mass is 35.5. The van der Waals surface area contributed by atoms with Crippen LogP contribution in [0.1, 0.15) is 11.5 Å². The van der Waals surface area contributed by atoms with Gasteiger partial charge in [0.25, 0.3) is 5.56 Å². The molecule has 5 rings (SSSR count). The first-order valence-corrected chi connectivity index (χ1v) is 10.8. The number of aromatic nitrogens is 3. The molecule has 0 spiro atoms. The van der Waals surface area contributed by atoms with Crippen molar-refractivity contribution in [2.75, 3.05) is 0 Å². The molecular formula is C23H16ClN3O2S. The lowest BCUT2D eigenvalue weighted by Gasteiger charge is -2.13. The standard InChI is InChI=1S/C23H16ClN3O2S/c24-17-9-3-1-7-15(17)13-27-22(28)16-8-2-4-10-18(16)26-23(27)30-14-21-25-19-11-5-6-12-20(19)29-21/h1-12H,13-14H2. The van der Waals surface area contributed by atoms with Gasteiger partial charge in [-0.3, -0.25) is 9.36 Å². The molecule has 0 saturated carbocycles. The van der Waals surface area contributed by atoms with Gasteiger partial charge in [0, 0.05) is 5.02 Å². The zero-order chi connectivity index (χ0) is 20.5. The zero-order valence-corrected chi connectivity index (χ0v) is 17.4. The molecular weight excluding hydrogens is 418 g/mol. The van der Waals surface area contributed by atoms with Crippen LogP contribution in [0.5, 0.6) is 0 Å². The summed E-state index contributed by atoms with van der Waals surface area (Å²) >= 11 is 7.77. The summed E-state index contributed by atoms with van der Waals surface area (Å²) in [6, 6.07) is 22.5. The van der Waals surface area contributed by atoms with E-state index in [9.17, 15) is 4.79 Å². The van der Waals surface area contributed by atoms with E-state index in [0.29, 0.717) is 39.3 Å². The average molecular weight is 434 g/mol. The number of rotatable bonds is 5. The van der Waals surface area contributed by atoms with Crippen molar-refractivity contribution in [3.8, 4) is 0 Å². The van der Waals surface area contributed by atoms with Gasteiger partial charge in [0.1, 0.15) is 5.52 Å². The lowest BCUT2D eigenvalue weighted by Crippen LogP contribution is -2.24. The Morgan fingerprint density at radius 2 is 1.63 bits per heavy atom. The molecule has 5 aromatic rings. The van der Waals surface area contributed by atoms with E-state index in [2.05, 4.69) is 4.98 Å². The molecule has 0 saturated heterocycles. The molecule has 0 atom stereocenters. The van der Waals surface area contributed by atoms with Crippen LogP contribution in [-0.2, 0) is 12.3 Å². The summed E-state index contributed by atoms with van der Waals surface area (Å²) in [5.74, 6) is 1.05. The van der Waals surface area contributed by atoms with Crippen LogP contribution in [0.25, 0.3) is 22.0 Å². The quantitative estimate of drug-likeness (QED) is 0.269. The van der Waals surface area contributed by atoms with E-state index in [4.69, 9.17) is 21.0 Å². The van der Waals surface area contributed by atoms with Gasteiger partial charge in [-0.05, 0) is 35.9 Å². The fraction of sp³-hybridized carbons (Fsp3) is 0.0870. The van der Waals surface area contributed by atoms with Crippen LogP contribution in [0.3, 0.4) is 0 Å². The Hall–Kier alpha value is -3.09. The number of thioether (sulfide) groups is 1. The predicted molar refractivity (Wildman–Crippen MR) is 120 cm³/mol. The van der Waals surface area contributed by atoms with Crippen molar-refractivity contribution in [2.24, 2.45) is 0 Å². The fourth-order valence-corrected chi connectivity index (χ4v) is 4.34. The number of halogens is 1. The second kappa shape index (κ2) is 7.97. The number of oxazole rings is 1. The van der Waals surface area contributed by atoms with Gasteiger partial charge in [-0.1, -0.05) is 65.8 Å². The van der Waals surface area contributed by atoms with E-state index < -0.39 is 0 Å². The molecule has 0 aliphatic heterocycles. The van der Waals surface area contributed by atoms with Gasteiger partial charge >= 0.3 is 0 Å². The lowest BCUT2D eigenvalue weighted by molar-refractivity contribution is 0.555. The molecule has 5 nitrogen and oxygen atoms in total. The summed E-state index contributed by atoms with van der Waals surface area (Å²) in [6.07, 6.45) is 0. The minimum absolute atomic E-state index is 0.0967. The van der Waals surface area contributed by atoms with E-state index >= 15 is 0 Å². The Bertz CT molecular complexity index is 1390. The summed E-state index contributed by atoms with van der Waals surface area (Å²) in [6.45, 7) is 0.340. The first-order chi connectivity index (χ1) is 14.7. The van der Waals surface area contributed by atoms with Crippen LogP contribution in [-0.4, -0.2) is 14.5 Å². The van der Waals surface area contributed by atoms with Crippen LogP contribution < -0.4 is 5.56 Å². The molecule has 0 amide bonds. The van der Waals surface area contributed by atoms with Gasteiger partial charge in [-0.15, -0.1) is 0 Å². The third kappa shape index (κ3) is 3.60. The van der Waals surface area contributed by atoms with Gasteiger partial charge in [-0.25, -0.2) is 9.97 Å². The number of fused-ring (bicyclic) bond motifs is 2. The highest BCUT2D eigenvalue weighted by molar-refractivity contribution is 7.98. The largest absolute Gasteiger partial charge is 0.440 e. The summed E-state index contributed by atoms with van der Waals surface area (Å²) in [4.78, 5) is 22.5. The number of para-hydroxylation sites is 3. The first kappa shape index (κ1) is 18.9. The highest BCUT2D eigenvalue weighted by Gasteiger charge is 2.15. The van der Waals surface area contributed by atoms with Gasteiger partial charge in [-0.2, -0.15) is 0 Å². The van der Waals surface area contributed by atoms with Crippen molar-refractivity contribution >= 4 is 45.4 Å². The van der Waals surface area contributed by atoms with Gasteiger partial charge in [0.05, 0.1) is 23.2 Å². The second-order valence-electron chi connectivity index (χ2n) is 6.76. The van der Waals surface area contributed by atoms with Crippen molar-refractivity contribution in [3.63, 3.8) is 0 Å². The highest BCUT2D eigenvalue weighted by Crippen LogP contribution is 2.25. The Kier molecular flexibility index (Phi) is 5.02. The molecule has 7 heteroatoms. The predicted octanol–water partition coefficient (Wildman–Crippen LogP) is 5.53. The summed E-state index contributed by atoms with van der Waals surface area (Å²) < 4.78 is 7.48. The smallest absolute Gasteiger partial charge is 0.262 e. The molecule has 0 unspecified atom stereocenters. The minimum Gasteiger partial charge on any atom is -0.440 e. The van der Waals surface area contributed by atoms with Crippen molar-refractivity contribution in [2.45, 2.75) is 17.5 Å². The minimum atomic E-state index is -0.0967. The summed E-state index contributed by atoms with van der Waals surface area (Å²) in [7, 11) is 0. The normalized spacial score (nSPS) is 11.4. The van der Waals surface area contributed by atoms with Crippen molar-refractivity contribution in [1.82, 2.24) is 14.5 Å². The molecule has 0 N–H and O–H groups in total. The third-order valence-corrected chi connectivity index (χ3v) is 6.11. The average Bonchev–Trinajstić information content (AvgIpc) is 3.19. The Labute approximate surface area is 181 Å². The van der Waals surface area contributed by atoms with Crippen LogP contribution >= 0.6 is 23.4 Å². The number of hydrogen-bond donors (Lipinski definition) is 0. The Morgan fingerprint density at radius 3 is 2.47 bits per heavy atom. The van der Waals surface area contributed by atoms with E-state index in [-0.39, 0.29) is 5.56 Å². The molecule has 0 bridgehead atoms. The maximum absolute atomic E-state index is 13.2. The second-order valence-corrected chi connectivity index (χ2v) is 8.11. The van der Waals surface area contributed by atoms with Crippen LogP contribution in [0.2, 0.25) is 5.02 Å². The molecule has 0 fully saturated rings. The molecule has 0 aliphatic rings. The molecule has 2 aromatic heterocycles.